The van der Waals surface area contributed by atoms with Gasteiger partial charge in [0.1, 0.15) is 0 Å². The van der Waals surface area contributed by atoms with Gasteiger partial charge in [-0.1, -0.05) is 18.2 Å². The first-order valence-electron chi connectivity index (χ1n) is 10.4. The molecule has 1 aromatic heterocycles. The molecule has 35 heavy (non-hydrogen) atoms. The maximum Gasteiger partial charge on any atom is 0.417 e. The van der Waals surface area contributed by atoms with Crippen molar-refractivity contribution in [2.75, 3.05) is 11.4 Å². The lowest BCUT2D eigenvalue weighted by atomic mass is 9.97. The number of benzene rings is 2. The van der Waals surface area contributed by atoms with Crippen molar-refractivity contribution in [3.8, 4) is 5.69 Å². The van der Waals surface area contributed by atoms with Gasteiger partial charge in [0, 0.05) is 36.4 Å². The highest BCUT2D eigenvalue weighted by atomic mass is 19.4. The minimum atomic E-state index is -4.91. The van der Waals surface area contributed by atoms with Gasteiger partial charge in [-0.05, 0) is 37.3 Å². The van der Waals surface area contributed by atoms with Crippen LogP contribution in [0, 0.1) is 6.92 Å². The zero-order chi connectivity index (χ0) is 25.5. The van der Waals surface area contributed by atoms with E-state index in [-0.39, 0.29) is 16.9 Å². The Labute approximate surface area is 196 Å². The van der Waals surface area contributed by atoms with Crippen LogP contribution < -0.4 is 10.6 Å². The van der Waals surface area contributed by atoms with Gasteiger partial charge in [0.15, 0.2) is 0 Å². The van der Waals surface area contributed by atoms with Gasteiger partial charge in [-0.3, -0.25) is 9.59 Å². The molecule has 0 fully saturated rings. The van der Waals surface area contributed by atoms with Gasteiger partial charge in [0.2, 0.25) is 5.91 Å². The molecular weight excluding hydrogens is 471 g/mol. The molecule has 2 heterocycles. The molecule has 2 N–H and O–H groups in total. The minimum Gasteiger partial charge on any atom is -0.366 e. The molecule has 0 spiro atoms. The zero-order valence-electron chi connectivity index (χ0n) is 18.3. The van der Waals surface area contributed by atoms with Crippen molar-refractivity contribution in [1.82, 2.24) is 9.78 Å². The molecule has 11 heteroatoms. The molecule has 3 aromatic rings. The average Bonchev–Trinajstić information content (AvgIpc) is 3.18. The van der Waals surface area contributed by atoms with Crippen LogP contribution in [0.4, 0.5) is 27.6 Å². The first-order valence-corrected chi connectivity index (χ1v) is 10.4. The third-order valence-corrected chi connectivity index (χ3v) is 5.59. The fourth-order valence-corrected chi connectivity index (χ4v) is 3.98. The van der Waals surface area contributed by atoms with Gasteiger partial charge in [-0.15, -0.1) is 0 Å². The molecule has 0 unspecified atom stereocenters. The number of halogens is 5. The first kappa shape index (κ1) is 24.1. The van der Waals surface area contributed by atoms with Gasteiger partial charge in [0.25, 0.3) is 11.8 Å². The zero-order valence-corrected chi connectivity index (χ0v) is 18.3. The van der Waals surface area contributed by atoms with Crippen LogP contribution in [0.5, 0.6) is 0 Å². The van der Waals surface area contributed by atoms with Crippen LogP contribution >= 0.6 is 0 Å². The molecule has 4 rings (SSSR count). The van der Waals surface area contributed by atoms with Crippen molar-refractivity contribution in [3.63, 3.8) is 0 Å². The first-order chi connectivity index (χ1) is 16.4. The number of carbonyl (C=O) groups excluding carboxylic acids is 2. The van der Waals surface area contributed by atoms with E-state index in [0.29, 0.717) is 11.8 Å². The number of nitrogens with two attached hydrogens (primary N) is 1. The second kappa shape index (κ2) is 8.64. The number of anilines is 1. The summed E-state index contributed by atoms with van der Waals surface area (Å²) in [7, 11) is 0. The quantitative estimate of drug-likeness (QED) is 0.425. The Morgan fingerprint density at radius 2 is 1.83 bits per heavy atom. The molecule has 1 aliphatic heterocycles. The number of para-hydroxylation sites is 1. The van der Waals surface area contributed by atoms with Crippen molar-refractivity contribution in [2.24, 2.45) is 5.73 Å². The van der Waals surface area contributed by atoms with Crippen molar-refractivity contribution in [1.29, 1.82) is 0 Å². The summed E-state index contributed by atoms with van der Waals surface area (Å²) in [6, 6.07) is 10.2. The normalized spacial score (nSPS) is 16.6. The molecule has 2 amide bonds. The number of aryl methyl sites for hydroxylation is 1. The summed E-state index contributed by atoms with van der Waals surface area (Å²) in [5.41, 5.74) is 2.92. The minimum absolute atomic E-state index is 0.0536. The second-order valence-electron chi connectivity index (χ2n) is 8.02. The van der Waals surface area contributed by atoms with E-state index in [0.717, 1.165) is 17.0 Å². The summed E-state index contributed by atoms with van der Waals surface area (Å²) in [6.45, 7) is 1.09. The maximum atomic E-state index is 14.9. The number of fused-ring (bicyclic) bond motifs is 1. The topological polar surface area (TPSA) is 81.2 Å². The van der Waals surface area contributed by atoms with Gasteiger partial charge < -0.3 is 10.6 Å². The summed E-state index contributed by atoms with van der Waals surface area (Å²) in [6.07, 6.45) is -3.77. The van der Waals surface area contributed by atoms with E-state index in [1.54, 1.807) is 13.0 Å². The highest BCUT2D eigenvalue weighted by Gasteiger charge is 2.43. The molecule has 2 aromatic carbocycles. The molecule has 1 aliphatic rings. The Bertz CT molecular complexity index is 1340. The summed E-state index contributed by atoms with van der Waals surface area (Å²) < 4.78 is 73.1. The molecule has 0 aliphatic carbocycles. The Kier molecular flexibility index (Phi) is 5.95. The van der Waals surface area contributed by atoms with Crippen LogP contribution in [0.1, 0.15) is 33.6 Å². The highest BCUT2D eigenvalue weighted by molar-refractivity contribution is 6.10. The number of hydrogen-bond donors (Lipinski definition) is 1. The van der Waals surface area contributed by atoms with Crippen molar-refractivity contribution in [3.05, 3.63) is 83.2 Å². The van der Waals surface area contributed by atoms with Gasteiger partial charge in [-0.2, -0.15) is 18.3 Å². The average molecular weight is 490 g/mol. The van der Waals surface area contributed by atoms with E-state index < -0.39 is 53.6 Å². The van der Waals surface area contributed by atoms with Crippen LogP contribution in [0.3, 0.4) is 0 Å². The molecule has 0 atom stereocenters. The number of amides is 2. The Hall–Kier alpha value is -4.02. The molecule has 6 nitrogen and oxygen atoms in total. The largest absolute Gasteiger partial charge is 0.417 e. The van der Waals surface area contributed by atoms with E-state index in [1.807, 2.05) is 0 Å². The second-order valence-corrected chi connectivity index (χ2v) is 8.02. The van der Waals surface area contributed by atoms with Crippen LogP contribution in [0.25, 0.3) is 11.3 Å². The molecule has 0 saturated carbocycles. The Morgan fingerprint density at radius 3 is 2.46 bits per heavy atom. The third-order valence-electron chi connectivity index (χ3n) is 5.59. The molecule has 0 saturated heterocycles. The highest BCUT2D eigenvalue weighted by Crippen LogP contribution is 2.44. The number of allylic oxidation sites excluding steroid dienone is 1. The van der Waals surface area contributed by atoms with Gasteiger partial charge in [0.05, 0.1) is 28.2 Å². The van der Waals surface area contributed by atoms with E-state index >= 15 is 0 Å². The Morgan fingerprint density at radius 1 is 1.11 bits per heavy atom. The van der Waals surface area contributed by atoms with E-state index in [9.17, 15) is 31.5 Å². The van der Waals surface area contributed by atoms with E-state index in [4.69, 9.17) is 5.73 Å². The standard InChI is InChI=1S/C24H19F5N4O2/c1-14-8-10-33(31-14)15-6-7-17(19(12-15)24(27,28)29)22(35)32-11-9-23(25,26)18(13-21(30)34)16-4-2-3-5-20(16)32/h2-8,10,12-13H,9,11H2,1H3,(H2,30,34)/b18-13-. The number of hydrogen-bond acceptors (Lipinski definition) is 3. The monoisotopic (exact) mass is 490 g/mol. The number of alkyl halides is 5. The maximum absolute atomic E-state index is 14.9. The lowest BCUT2D eigenvalue weighted by Crippen LogP contribution is -2.34. The number of rotatable bonds is 3. The lowest BCUT2D eigenvalue weighted by Gasteiger charge is -2.24. The van der Waals surface area contributed by atoms with Crippen LogP contribution in [0.15, 0.2) is 60.8 Å². The van der Waals surface area contributed by atoms with Crippen molar-refractivity contribution < 1.29 is 31.5 Å². The molecular formula is C24H19F5N4O2. The predicted molar refractivity (Wildman–Crippen MR) is 118 cm³/mol. The van der Waals surface area contributed by atoms with E-state index in [2.05, 4.69) is 5.10 Å². The number of nitrogens with zero attached hydrogens (tertiary/aromatic N) is 3. The smallest absolute Gasteiger partial charge is 0.366 e. The summed E-state index contributed by atoms with van der Waals surface area (Å²) in [5.74, 6) is -5.77. The van der Waals surface area contributed by atoms with Gasteiger partial charge >= 0.3 is 6.18 Å². The van der Waals surface area contributed by atoms with Crippen LogP contribution in [-0.4, -0.2) is 34.1 Å². The summed E-state index contributed by atoms with van der Waals surface area (Å²) >= 11 is 0. The predicted octanol–water partition coefficient (Wildman–Crippen LogP) is 4.75. The fraction of sp³-hybridized carbons (Fsp3) is 0.208. The van der Waals surface area contributed by atoms with E-state index in [1.165, 1.54) is 41.2 Å². The van der Waals surface area contributed by atoms with Crippen LogP contribution in [0.2, 0.25) is 0 Å². The number of carbonyl (C=O) groups is 2. The summed E-state index contributed by atoms with van der Waals surface area (Å²) in [4.78, 5) is 25.7. The van der Waals surface area contributed by atoms with Crippen molar-refractivity contribution in [2.45, 2.75) is 25.4 Å². The number of primary amides is 1. The lowest BCUT2D eigenvalue weighted by molar-refractivity contribution is -0.137. The van der Waals surface area contributed by atoms with Crippen LogP contribution in [-0.2, 0) is 11.0 Å². The SMILES string of the molecule is Cc1ccn(-c2ccc(C(=O)N3CCC(F)(F)/C(=C\C(N)=O)c4ccccc43)c(C(F)(F)F)c2)n1. The molecule has 0 bridgehead atoms. The molecule has 0 radical (unpaired) electrons. The number of aromatic nitrogens is 2. The molecule has 182 valence electrons. The van der Waals surface area contributed by atoms with Gasteiger partial charge in [-0.25, -0.2) is 13.5 Å². The summed E-state index contributed by atoms with van der Waals surface area (Å²) in [5, 5.41) is 4.09. The Balaban J connectivity index is 1.85. The van der Waals surface area contributed by atoms with Crippen molar-refractivity contribution >= 4 is 23.1 Å². The fourth-order valence-electron chi connectivity index (χ4n) is 3.98. The third kappa shape index (κ3) is 4.66.